The molecule has 0 spiro atoms. The lowest BCUT2D eigenvalue weighted by Crippen LogP contribution is -2.08. The molecule has 0 saturated heterocycles. The van der Waals surface area contributed by atoms with Gasteiger partial charge in [0, 0.05) is 11.1 Å². The van der Waals surface area contributed by atoms with E-state index in [0.29, 0.717) is 5.69 Å². The van der Waals surface area contributed by atoms with Gasteiger partial charge in [0.1, 0.15) is 16.2 Å². The van der Waals surface area contributed by atoms with Crippen LogP contribution in [-0.4, -0.2) is 17.4 Å². The maximum Gasteiger partial charge on any atom is 0.126 e. The van der Waals surface area contributed by atoms with Crippen LogP contribution in [0.3, 0.4) is 0 Å². The van der Waals surface area contributed by atoms with Gasteiger partial charge in [-0.25, -0.2) is 0 Å². The molecule has 1 unspecified atom stereocenters. The Labute approximate surface area is 127 Å². The van der Waals surface area contributed by atoms with E-state index < -0.39 is 0 Å². The average Bonchev–Trinajstić information content (AvgIpc) is 3.05. The molecule has 0 radical (unpaired) electrons. The van der Waals surface area contributed by atoms with Crippen LogP contribution in [0.2, 0.25) is 0 Å². The molecule has 108 valence electrons. The number of methoxy groups -OCH3 is 1. The molecule has 2 aromatic carbocycles. The summed E-state index contributed by atoms with van der Waals surface area (Å²) in [6, 6.07) is 15.4. The van der Waals surface area contributed by atoms with E-state index in [1.807, 2.05) is 42.5 Å². The Morgan fingerprint density at radius 3 is 2.76 bits per heavy atom. The molecule has 1 aliphatic rings. The van der Waals surface area contributed by atoms with Crippen molar-refractivity contribution in [1.29, 1.82) is 0 Å². The molecule has 2 aromatic rings. The Kier molecular flexibility index (Phi) is 3.98. The molecule has 3 rings (SSSR count). The number of anilines is 1. The molecule has 0 fully saturated rings. The Morgan fingerprint density at radius 2 is 2.05 bits per heavy atom. The first-order valence-corrected chi connectivity index (χ1v) is 7.33. The summed E-state index contributed by atoms with van der Waals surface area (Å²) in [5.41, 5.74) is 7.88. The van der Waals surface area contributed by atoms with Gasteiger partial charge < -0.3 is 4.74 Å². The third-order valence-electron chi connectivity index (χ3n) is 3.17. The molecular formula is C15H15N3O2S. The molecule has 5 nitrogen and oxygen atoms in total. The van der Waals surface area contributed by atoms with Gasteiger partial charge in [0.15, 0.2) is 0 Å². The summed E-state index contributed by atoms with van der Waals surface area (Å²) in [5.74, 6) is 0.753. The Bertz CT molecular complexity index is 661. The number of hydrazone groups is 1. The van der Waals surface area contributed by atoms with Gasteiger partial charge in [0.25, 0.3) is 0 Å². The minimum absolute atomic E-state index is 0.0524. The van der Waals surface area contributed by atoms with Gasteiger partial charge in [-0.1, -0.05) is 42.1 Å². The van der Waals surface area contributed by atoms with E-state index in [-0.39, 0.29) is 5.37 Å². The average molecular weight is 301 g/mol. The van der Waals surface area contributed by atoms with Gasteiger partial charge in [-0.2, -0.15) is 5.10 Å². The molecule has 1 heterocycles. The van der Waals surface area contributed by atoms with Crippen LogP contribution in [0.4, 0.5) is 5.69 Å². The van der Waals surface area contributed by atoms with Crippen LogP contribution in [0.5, 0.6) is 5.75 Å². The van der Waals surface area contributed by atoms with Crippen molar-refractivity contribution in [1.82, 2.24) is 5.43 Å². The van der Waals surface area contributed by atoms with E-state index in [4.69, 9.17) is 9.94 Å². The molecule has 1 atom stereocenters. The number of hydrogen-bond acceptors (Lipinski definition) is 6. The Hall–Kier alpha value is -2.18. The normalized spacial score (nSPS) is 17.0. The van der Waals surface area contributed by atoms with Crippen molar-refractivity contribution in [3.63, 3.8) is 0 Å². The fraction of sp³-hybridized carbons (Fsp3) is 0.133. The van der Waals surface area contributed by atoms with E-state index >= 15 is 0 Å². The van der Waals surface area contributed by atoms with Gasteiger partial charge in [-0.3, -0.25) is 16.1 Å². The number of benzene rings is 2. The minimum Gasteiger partial charge on any atom is -0.496 e. The quantitative estimate of drug-likeness (QED) is 0.757. The number of nitrogens with zero attached hydrogens (tertiary/aromatic N) is 1. The van der Waals surface area contributed by atoms with Gasteiger partial charge in [-0.05, 0) is 18.2 Å². The van der Waals surface area contributed by atoms with Crippen LogP contribution in [0.1, 0.15) is 16.5 Å². The van der Waals surface area contributed by atoms with Crippen molar-refractivity contribution < 1.29 is 9.94 Å². The fourth-order valence-electron chi connectivity index (χ4n) is 2.14. The third-order valence-corrected chi connectivity index (χ3v) is 4.32. The number of ether oxygens (including phenoxy) is 1. The van der Waals surface area contributed by atoms with Crippen LogP contribution in [0.15, 0.2) is 53.6 Å². The number of hydrogen-bond donors (Lipinski definition) is 3. The summed E-state index contributed by atoms with van der Waals surface area (Å²) >= 11 is 1.62. The second kappa shape index (κ2) is 6.07. The summed E-state index contributed by atoms with van der Waals surface area (Å²) in [7, 11) is 1.63. The van der Waals surface area contributed by atoms with Crippen LogP contribution < -0.4 is 15.6 Å². The zero-order valence-electron chi connectivity index (χ0n) is 11.4. The maximum absolute atomic E-state index is 9.05. The second-order valence-electron chi connectivity index (χ2n) is 4.48. The molecule has 0 bridgehead atoms. The van der Waals surface area contributed by atoms with Gasteiger partial charge in [-0.15, -0.1) is 0 Å². The smallest absolute Gasteiger partial charge is 0.126 e. The fourth-order valence-corrected chi connectivity index (χ4v) is 3.15. The lowest BCUT2D eigenvalue weighted by molar-refractivity contribution is 0.387. The first-order valence-electron chi connectivity index (χ1n) is 6.45. The minimum atomic E-state index is -0.0524. The highest BCUT2D eigenvalue weighted by Gasteiger charge is 2.25. The van der Waals surface area contributed by atoms with E-state index in [2.05, 4.69) is 16.0 Å². The second-order valence-corrected chi connectivity index (χ2v) is 5.57. The summed E-state index contributed by atoms with van der Waals surface area (Å²) in [4.78, 5) is 0. The predicted octanol–water partition coefficient (Wildman–Crippen LogP) is 3.19. The summed E-state index contributed by atoms with van der Waals surface area (Å²) < 4.78 is 5.38. The molecule has 0 amide bonds. The van der Waals surface area contributed by atoms with Crippen molar-refractivity contribution in [2.75, 3.05) is 12.6 Å². The standard InChI is InChI=1S/C15H15N3O2S/c1-20-13-8-7-11(18-19)9-12(13)15-17-16-14(21-15)10-5-3-2-4-6-10/h2-9,15,17-19H,1H3. The monoisotopic (exact) mass is 301 g/mol. The van der Waals surface area contributed by atoms with Crippen LogP contribution in [0.25, 0.3) is 0 Å². The lowest BCUT2D eigenvalue weighted by atomic mass is 10.2. The SMILES string of the molecule is COc1ccc(NO)cc1C1NN=C(c2ccccc2)S1. The highest BCUT2D eigenvalue weighted by Crippen LogP contribution is 2.39. The van der Waals surface area contributed by atoms with Gasteiger partial charge in [0.05, 0.1) is 12.8 Å². The molecule has 1 aliphatic heterocycles. The van der Waals surface area contributed by atoms with Crippen LogP contribution in [0, 0.1) is 0 Å². The number of nitrogens with one attached hydrogen (secondary N) is 2. The van der Waals surface area contributed by atoms with E-state index in [1.165, 1.54) is 0 Å². The van der Waals surface area contributed by atoms with Crippen LogP contribution in [-0.2, 0) is 0 Å². The van der Waals surface area contributed by atoms with Gasteiger partial charge in [0.2, 0.25) is 0 Å². The largest absolute Gasteiger partial charge is 0.496 e. The molecule has 21 heavy (non-hydrogen) atoms. The van der Waals surface area contributed by atoms with Crippen molar-refractivity contribution >= 4 is 22.5 Å². The number of thioether (sulfide) groups is 1. The van der Waals surface area contributed by atoms with E-state index in [1.54, 1.807) is 24.9 Å². The Balaban J connectivity index is 1.84. The molecular weight excluding hydrogens is 286 g/mol. The molecule has 0 aromatic heterocycles. The van der Waals surface area contributed by atoms with Crippen molar-refractivity contribution in [2.24, 2.45) is 5.10 Å². The van der Waals surface area contributed by atoms with Crippen LogP contribution >= 0.6 is 11.8 Å². The maximum atomic E-state index is 9.05. The first kappa shape index (κ1) is 13.8. The van der Waals surface area contributed by atoms with Crippen molar-refractivity contribution in [3.05, 3.63) is 59.7 Å². The van der Waals surface area contributed by atoms with Gasteiger partial charge >= 0.3 is 0 Å². The molecule has 3 N–H and O–H groups in total. The van der Waals surface area contributed by atoms with Crippen molar-refractivity contribution in [2.45, 2.75) is 5.37 Å². The molecule has 0 saturated carbocycles. The first-order chi connectivity index (χ1) is 10.3. The molecule has 0 aliphatic carbocycles. The number of rotatable bonds is 4. The topological polar surface area (TPSA) is 65.9 Å². The van der Waals surface area contributed by atoms with Crippen molar-refractivity contribution in [3.8, 4) is 5.75 Å². The zero-order valence-corrected chi connectivity index (χ0v) is 12.2. The predicted molar refractivity (Wildman–Crippen MR) is 84.8 cm³/mol. The zero-order chi connectivity index (χ0) is 14.7. The third kappa shape index (κ3) is 2.81. The van der Waals surface area contributed by atoms with E-state index in [9.17, 15) is 0 Å². The summed E-state index contributed by atoms with van der Waals surface area (Å²) in [6.07, 6.45) is 0. The summed E-state index contributed by atoms with van der Waals surface area (Å²) in [6.45, 7) is 0. The Morgan fingerprint density at radius 1 is 1.24 bits per heavy atom. The summed E-state index contributed by atoms with van der Waals surface area (Å²) in [5, 5.41) is 14.3. The highest BCUT2D eigenvalue weighted by molar-refractivity contribution is 8.14. The lowest BCUT2D eigenvalue weighted by Gasteiger charge is -2.15. The van der Waals surface area contributed by atoms with E-state index in [0.717, 1.165) is 21.9 Å². The molecule has 6 heteroatoms. The highest BCUT2D eigenvalue weighted by atomic mass is 32.2.